The van der Waals surface area contributed by atoms with Crippen LogP contribution in [0.5, 0.6) is 0 Å². The first-order valence-electron chi connectivity index (χ1n) is 4.99. The number of hydrogen-bond donors (Lipinski definition) is 2. The van der Waals surface area contributed by atoms with Gasteiger partial charge in [-0.2, -0.15) is 0 Å². The number of carbonyl (C=O) groups is 1. The van der Waals surface area contributed by atoms with Gasteiger partial charge in [0.15, 0.2) is 0 Å². The van der Waals surface area contributed by atoms with Gasteiger partial charge in [0.05, 0.1) is 6.10 Å². The van der Waals surface area contributed by atoms with Gasteiger partial charge in [-0.25, -0.2) is 0 Å². The summed E-state index contributed by atoms with van der Waals surface area (Å²) in [5.41, 5.74) is 0. The van der Waals surface area contributed by atoms with Gasteiger partial charge >= 0.3 is 0 Å². The molecule has 2 atom stereocenters. The molecule has 1 aliphatic rings. The SMILES string of the molecule is C=CCNC(=O)C(C)OC1CCNC1. The highest BCUT2D eigenvalue weighted by atomic mass is 16.5. The second kappa shape index (κ2) is 5.78. The summed E-state index contributed by atoms with van der Waals surface area (Å²) in [6.07, 6.45) is 2.44. The maximum Gasteiger partial charge on any atom is 0.249 e. The molecule has 0 saturated carbocycles. The molecule has 0 aromatic heterocycles. The average molecular weight is 198 g/mol. The molecule has 2 N–H and O–H groups in total. The fraction of sp³-hybridized carbons (Fsp3) is 0.700. The Balaban J connectivity index is 2.21. The van der Waals surface area contributed by atoms with Crippen LogP contribution in [0.2, 0.25) is 0 Å². The third-order valence-corrected chi connectivity index (χ3v) is 2.20. The highest BCUT2D eigenvalue weighted by Crippen LogP contribution is 2.06. The topological polar surface area (TPSA) is 50.4 Å². The van der Waals surface area contributed by atoms with Crippen LogP contribution in [-0.4, -0.2) is 37.7 Å². The van der Waals surface area contributed by atoms with Crippen LogP contribution in [0, 0.1) is 0 Å². The molecule has 1 aliphatic heterocycles. The Morgan fingerprint density at radius 2 is 2.64 bits per heavy atom. The van der Waals surface area contributed by atoms with Crippen molar-refractivity contribution in [1.82, 2.24) is 10.6 Å². The monoisotopic (exact) mass is 198 g/mol. The summed E-state index contributed by atoms with van der Waals surface area (Å²) in [5, 5.41) is 5.89. The van der Waals surface area contributed by atoms with Gasteiger partial charge in [0.2, 0.25) is 5.91 Å². The van der Waals surface area contributed by atoms with E-state index in [1.807, 2.05) is 0 Å². The van der Waals surface area contributed by atoms with Gasteiger partial charge in [-0.05, 0) is 19.9 Å². The van der Waals surface area contributed by atoms with Crippen LogP contribution in [0.15, 0.2) is 12.7 Å². The third-order valence-electron chi connectivity index (χ3n) is 2.20. The molecule has 4 nitrogen and oxygen atoms in total. The lowest BCUT2D eigenvalue weighted by molar-refractivity contribution is -0.134. The number of ether oxygens (including phenoxy) is 1. The molecule has 1 amide bonds. The normalized spacial score (nSPS) is 23.1. The van der Waals surface area contributed by atoms with E-state index in [4.69, 9.17) is 4.74 Å². The zero-order valence-corrected chi connectivity index (χ0v) is 8.58. The largest absolute Gasteiger partial charge is 0.364 e. The van der Waals surface area contributed by atoms with Crippen molar-refractivity contribution in [2.75, 3.05) is 19.6 Å². The standard InChI is InChI=1S/C10H18N2O2/c1-3-5-12-10(13)8(2)14-9-4-6-11-7-9/h3,8-9,11H,1,4-7H2,2H3,(H,12,13). The summed E-state index contributed by atoms with van der Waals surface area (Å²) in [6.45, 7) is 7.62. The lowest BCUT2D eigenvalue weighted by Gasteiger charge is -2.16. The van der Waals surface area contributed by atoms with E-state index >= 15 is 0 Å². The molecule has 0 aromatic rings. The Kier molecular flexibility index (Phi) is 4.62. The molecular formula is C10H18N2O2. The summed E-state index contributed by atoms with van der Waals surface area (Å²) in [4.78, 5) is 11.4. The van der Waals surface area contributed by atoms with E-state index in [1.54, 1.807) is 13.0 Å². The van der Waals surface area contributed by atoms with Gasteiger partial charge in [-0.15, -0.1) is 6.58 Å². The molecule has 14 heavy (non-hydrogen) atoms. The zero-order chi connectivity index (χ0) is 10.4. The average Bonchev–Trinajstić information content (AvgIpc) is 2.66. The van der Waals surface area contributed by atoms with Crippen molar-refractivity contribution in [2.24, 2.45) is 0 Å². The lowest BCUT2D eigenvalue weighted by atomic mass is 10.3. The van der Waals surface area contributed by atoms with Crippen LogP contribution in [-0.2, 0) is 9.53 Å². The number of nitrogens with one attached hydrogen (secondary N) is 2. The predicted octanol–water partition coefficient (Wildman–Crippen LogP) is 0.0556. The van der Waals surface area contributed by atoms with E-state index in [-0.39, 0.29) is 18.1 Å². The van der Waals surface area contributed by atoms with Gasteiger partial charge in [0.25, 0.3) is 0 Å². The van der Waals surface area contributed by atoms with E-state index in [0.29, 0.717) is 6.54 Å². The smallest absolute Gasteiger partial charge is 0.249 e. The van der Waals surface area contributed by atoms with Gasteiger partial charge < -0.3 is 15.4 Å². The first-order chi connectivity index (χ1) is 6.74. The van der Waals surface area contributed by atoms with Crippen molar-refractivity contribution < 1.29 is 9.53 Å². The first-order valence-corrected chi connectivity index (χ1v) is 4.99. The highest BCUT2D eigenvalue weighted by Gasteiger charge is 2.21. The first kappa shape index (κ1) is 11.2. The Bertz CT molecular complexity index is 200. The van der Waals surface area contributed by atoms with Gasteiger partial charge in [0.1, 0.15) is 6.10 Å². The molecule has 4 heteroatoms. The van der Waals surface area contributed by atoms with Crippen LogP contribution in [0.4, 0.5) is 0 Å². The maximum atomic E-state index is 11.4. The van der Waals surface area contributed by atoms with Crippen molar-refractivity contribution in [1.29, 1.82) is 0 Å². The Morgan fingerprint density at radius 1 is 1.86 bits per heavy atom. The van der Waals surface area contributed by atoms with E-state index in [0.717, 1.165) is 19.5 Å². The molecule has 1 saturated heterocycles. The van der Waals surface area contributed by atoms with Crippen molar-refractivity contribution in [3.05, 3.63) is 12.7 Å². The van der Waals surface area contributed by atoms with Crippen molar-refractivity contribution in [2.45, 2.75) is 25.6 Å². The Morgan fingerprint density at radius 3 is 3.21 bits per heavy atom. The molecule has 0 aromatic carbocycles. The van der Waals surface area contributed by atoms with E-state index in [1.165, 1.54) is 0 Å². The third kappa shape index (κ3) is 3.47. The van der Waals surface area contributed by atoms with Crippen LogP contribution < -0.4 is 10.6 Å². The summed E-state index contributed by atoms with van der Waals surface area (Å²) >= 11 is 0. The molecule has 80 valence electrons. The van der Waals surface area contributed by atoms with E-state index in [9.17, 15) is 4.79 Å². The van der Waals surface area contributed by atoms with Gasteiger partial charge in [-0.3, -0.25) is 4.79 Å². The second-order valence-electron chi connectivity index (χ2n) is 3.43. The van der Waals surface area contributed by atoms with E-state index in [2.05, 4.69) is 17.2 Å². The number of rotatable bonds is 5. The highest BCUT2D eigenvalue weighted by molar-refractivity contribution is 5.80. The van der Waals surface area contributed by atoms with Gasteiger partial charge in [0, 0.05) is 13.1 Å². The molecule has 1 fully saturated rings. The molecule has 2 unspecified atom stereocenters. The Hall–Kier alpha value is -0.870. The van der Waals surface area contributed by atoms with Gasteiger partial charge in [-0.1, -0.05) is 6.08 Å². The zero-order valence-electron chi connectivity index (χ0n) is 8.58. The van der Waals surface area contributed by atoms with Crippen LogP contribution in [0.3, 0.4) is 0 Å². The number of carbonyl (C=O) groups excluding carboxylic acids is 1. The molecule has 0 aliphatic carbocycles. The van der Waals surface area contributed by atoms with Crippen molar-refractivity contribution in [3.8, 4) is 0 Å². The molecule has 0 radical (unpaired) electrons. The van der Waals surface area contributed by atoms with Crippen LogP contribution >= 0.6 is 0 Å². The number of amides is 1. The maximum absolute atomic E-state index is 11.4. The fourth-order valence-corrected chi connectivity index (χ4v) is 1.41. The second-order valence-corrected chi connectivity index (χ2v) is 3.43. The lowest BCUT2D eigenvalue weighted by Crippen LogP contribution is -2.37. The predicted molar refractivity (Wildman–Crippen MR) is 55.0 cm³/mol. The molecule has 1 rings (SSSR count). The summed E-state index contributed by atoms with van der Waals surface area (Å²) < 4.78 is 5.56. The van der Waals surface area contributed by atoms with E-state index < -0.39 is 0 Å². The minimum Gasteiger partial charge on any atom is -0.364 e. The number of hydrogen-bond acceptors (Lipinski definition) is 3. The summed E-state index contributed by atoms with van der Waals surface area (Å²) in [7, 11) is 0. The molecular weight excluding hydrogens is 180 g/mol. The quantitative estimate of drug-likeness (QED) is 0.614. The summed E-state index contributed by atoms with van der Waals surface area (Å²) in [6, 6.07) is 0. The van der Waals surface area contributed by atoms with Crippen LogP contribution in [0.1, 0.15) is 13.3 Å². The summed E-state index contributed by atoms with van der Waals surface area (Å²) in [5.74, 6) is -0.0724. The van der Waals surface area contributed by atoms with Crippen LogP contribution in [0.25, 0.3) is 0 Å². The van der Waals surface area contributed by atoms with Crippen molar-refractivity contribution >= 4 is 5.91 Å². The molecule has 0 bridgehead atoms. The Labute approximate surface area is 84.7 Å². The fourth-order valence-electron chi connectivity index (χ4n) is 1.41. The van der Waals surface area contributed by atoms with Crippen molar-refractivity contribution in [3.63, 3.8) is 0 Å². The molecule has 0 spiro atoms. The molecule has 1 heterocycles. The minimum atomic E-state index is -0.375. The minimum absolute atomic E-state index is 0.0724.